The summed E-state index contributed by atoms with van der Waals surface area (Å²) in [6.45, 7) is 2.98. The first-order valence-corrected chi connectivity index (χ1v) is 11.5. The molecule has 4 aromatic rings. The first-order chi connectivity index (χ1) is 17.5. The molecule has 0 aliphatic rings. The van der Waals surface area contributed by atoms with E-state index in [1.54, 1.807) is 31.5 Å². The van der Waals surface area contributed by atoms with E-state index in [0.717, 1.165) is 27.0 Å². The number of benzene rings is 2. The number of anilines is 2. The van der Waals surface area contributed by atoms with Crippen LogP contribution in [0, 0.1) is 0 Å². The number of nitrogens with zero attached hydrogens (tertiary/aromatic N) is 4. The molecule has 4 rings (SSSR count). The van der Waals surface area contributed by atoms with Gasteiger partial charge in [-0.05, 0) is 48.4 Å². The van der Waals surface area contributed by atoms with Crippen molar-refractivity contribution in [1.29, 1.82) is 0 Å². The maximum atomic E-state index is 13.5. The molecule has 0 atom stereocenters. The number of nitrogens with two attached hydrogens (primary N) is 1. The van der Waals surface area contributed by atoms with E-state index in [1.165, 1.54) is 4.57 Å². The standard InChI is InChI=1S/C26H28N6O4/c1-3-36-22-12-8-19(9-13-22)17-32-25(33)30-24(29-15-20-5-4-14-28-23(20)27)31(26(32)34)16-18-6-10-21(35-2)11-7-18/h4-14H,3,15-17H2,1-2H3,(H2,27,28)(H,29,30,33). The van der Waals surface area contributed by atoms with Crippen LogP contribution in [0.25, 0.3) is 0 Å². The normalized spacial score (nSPS) is 10.7. The number of nitrogens with one attached hydrogen (secondary N) is 1. The maximum Gasteiger partial charge on any atom is 0.355 e. The number of aromatic nitrogens is 4. The molecule has 0 bridgehead atoms. The van der Waals surface area contributed by atoms with Crippen molar-refractivity contribution in [1.82, 2.24) is 19.1 Å². The van der Waals surface area contributed by atoms with Gasteiger partial charge in [-0.25, -0.2) is 19.1 Å². The predicted molar refractivity (Wildman–Crippen MR) is 138 cm³/mol. The third-order valence-electron chi connectivity index (χ3n) is 5.59. The van der Waals surface area contributed by atoms with Crippen LogP contribution in [0.15, 0.2) is 76.4 Å². The summed E-state index contributed by atoms with van der Waals surface area (Å²) in [5.41, 5.74) is 7.15. The molecule has 2 aromatic heterocycles. The van der Waals surface area contributed by atoms with Gasteiger partial charge in [-0.2, -0.15) is 4.98 Å². The number of pyridine rings is 1. The number of hydrogen-bond acceptors (Lipinski definition) is 8. The van der Waals surface area contributed by atoms with E-state index in [4.69, 9.17) is 15.2 Å². The van der Waals surface area contributed by atoms with Gasteiger partial charge in [0.25, 0.3) is 0 Å². The van der Waals surface area contributed by atoms with Gasteiger partial charge in [-0.1, -0.05) is 30.3 Å². The van der Waals surface area contributed by atoms with E-state index in [0.29, 0.717) is 18.2 Å². The fraction of sp³-hybridized carbons (Fsp3) is 0.231. The SMILES string of the molecule is CCOc1ccc(Cn2c(=O)nc(NCc3cccnc3N)n(Cc3ccc(OC)cc3)c2=O)cc1. The van der Waals surface area contributed by atoms with Gasteiger partial charge < -0.3 is 20.5 Å². The Morgan fingerprint density at radius 2 is 1.56 bits per heavy atom. The lowest BCUT2D eigenvalue weighted by Crippen LogP contribution is -2.43. The molecule has 0 aliphatic heterocycles. The minimum absolute atomic E-state index is 0.0789. The van der Waals surface area contributed by atoms with Gasteiger partial charge in [0.15, 0.2) is 0 Å². The summed E-state index contributed by atoms with van der Waals surface area (Å²) in [5.74, 6) is 1.93. The lowest BCUT2D eigenvalue weighted by Gasteiger charge is -2.16. The summed E-state index contributed by atoms with van der Waals surface area (Å²) in [5, 5.41) is 3.08. The summed E-state index contributed by atoms with van der Waals surface area (Å²) in [7, 11) is 1.59. The third-order valence-corrected chi connectivity index (χ3v) is 5.59. The van der Waals surface area contributed by atoms with Crippen molar-refractivity contribution in [2.45, 2.75) is 26.6 Å². The Morgan fingerprint density at radius 3 is 2.17 bits per heavy atom. The first kappa shape index (κ1) is 24.5. The molecular formula is C26H28N6O4. The minimum Gasteiger partial charge on any atom is -0.497 e. The molecular weight excluding hydrogens is 460 g/mol. The summed E-state index contributed by atoms with van der Waals surface area (Å²) in [6.07, 6.45) is 1.60. The fourth-order valence-corrected chi connectivity index (χ4v) is 3.67. The van der Waals surface area contributed by atoms with Crippen LogP contribution >= 0.6 is 0 Å². The fourth-order valence-electron chi connectivity index (χ4n) is 3.67. The summed E-state index contributed by atoms with van der Waals surface area (Å²) < 4.78 is 13.2. The Morgan fingerprint density at radius 1 is 0.917 bits per heavy atom. The Balaban J connectivity index is 1.69. The van der Waals surface area contributed by atoms with Gasteiger partial charge in [0.2, 0.25) is 5.95 Å². The zero-order valence-corrected chi connectivity index (χ0v) is 20.2. The molecule has 0 radical (unpaired) electrons. The highest BCUT2D eigenvalue weighted by molar-refractivity contribution is 5.41. The van der Waals surface area contributed by atoms with E-state index in [-0.39, 0.29) is 25.6 Å². The first-order valence-electron chi connectivity index (χ1n) is 11.5. The predicted octanol–water partition coefficient (Wildman–Crippen LogP) is 2.50. The van der Waals surface area contributed by atoms with E-state index in [1.807, 2.05) is 49.4 Å². The van der Waals surface area contributed by atoms with Crippen molar-refractivity contribution in [3.8, 4) is 11.5 Å². The van der Waals surface area contributed by atoms with Gasteiger partial charge in [0, 0.05) is 18.3 Å². The molecule has 0 aliphatic carbocycles. The highest BCUT2D eigenvalue weighted by atomic mass is 16.5. The molecule has 0 fully saturated rings. The summed E-state index contributed by atoms with van der Waals surface area (Å²) >= 11 is 0. The van der Waals surface area contributed by atoms with Gasteiger partial charge in [0.1, 0.15) is 17.3 Å². The molecule has 36 heavy (non-hydrogen) atoms. The Kier molecular flexibility index (Phi) is 7.64. The highest BCUT2D eigenvalue weighted by Gasteiger charge is 2.15. The number of hydrogen-bond donors (Lipinski definition) is 2. The van der Waals surface area contributed by atoms with Gasteiger partial charge >= 0.3 is 11.4 Å². The second kappa shape index (κ2) is 11.2. The van der Waals surface area contributed by atoms with Gasteiger partial charge in [0.05, 0.1) is 26.8 Å². The lowest BCUT2D eigenvalue weighted by atomic mass is 10.2. The van der Waals surface area contributed by atoms with Crippen LogP contribution in [-0.2, 0) is 19.6 Å². The van der Waals surface area contributed by atoms with Crippen LogP contribution in [0.5, 0.6) is 11.5 Å². The van der Waals surface area contributed by atoms with Crippen LogP contribution in [0.3, 0.4) is 0 Å². The number of ether oxygens (including phenoxy) is 2. The van der Waals surface area contributed by atoms with Gasteiger partial charge in [-0.15, -0.1) is 0 Å². The smallest absolute Gasteiger partial charge is 0.355 e. The number of rotatable bonds is 10. The third kappa shape index (κ3) is 5.72. The van der Waals surface area contributed by atoms with Crippen molar-refractivity contribution < 1.29 is 9.47 Å². The van der Waals surface area contributed by atoms with Crippen molar-refractivity contribution in [3.63, 3.8) is 0 Å². The Labute approximate surface area is 208 Å². The second-order valence-electron chi connectivity index (χ2n) is 8.00. The Hall–Kier alpha value is -4.60. The molecule has 2 aromatic carbocycles. The molecule has 10 nitrogen and oxygen atoms in total. The molecule has 0 unspecified atom stereocenters. The van der Waals surface area contributed by atoms with Gasteiger partial charge in [-0.3, -0.25) is 4.57 Å². The van der Waals surface area contributed by atoms with E-state index < -0.39 is 11.4 Å². The van der Waals surface area contributed by atoms with E-state index >= 15 is 0 Å². The molecule has 0 saturated heterocycles. The zero-order chi connectivity index (χ0) is 25.5. The quantitative estimate of drug-likeness (QED) is 0.349. The van der Waals surface area contributed by atoms with Crippen LogP contribution in [-0.4, -0.2) is 32.8 Å². The zero-order valence-electron chi connectivity index (χ0n) is 20.2. The topological polar surface area (TPSA) is 126 Å². The number of methoxy groups -OCH3 is 1. The highest BCUT2D eigenvalue weighted by Crippen LogP contribution is 2.15. The van der Waals surface area contributed by atoms with E-state index in [2.05, 4.69) is 15.3 Å². The van der Waals surface area contributed by atoms with Crippen LogP contribution in [0.4, 0.5) is 11.8 Å². The van der Waals surface area contributed by atoms with Crippen LogP contribution in [0.1, 0.15) is 23.6 Å². The largest absolute Gasteiger partial charge is 0.497 e. The molecule has 0 amide bonds. The molecule has 3 N–H and O–H groups in total. The molecule has 2 heterocycles. The van der Waals surface area contributed by atoms with Crippen LogP contribution < -0.4 is 31.9 Å². The minimum atomic E-state index is -0.651. The van der Waals surface area contributed by atoms with Crippen LogP contribution in [0.2, 0.25) is 0 Å². The molecule has 0 spiro atoms. The monoisotopic (exact) mass is 488 g/mol. The Bertz CT molecular complexity index is 1430. The van der Waals surface area contributed by atoms with Crippen molar-refractivity contribution >= 4 is 11.8 Å². The molecule has 186 valence electrons. The van der Waals surface area contributed by atoms with E-state index in [9.17, 15) is 9.59 Å². The maximum absolute atomic E-state index is 13.5. The lowest BCUT2D eigenvalue weighted by molar-refractivity contribution is 0.340. The van der Waals surface area contributed by atoms with Crippen molar-refractivity contribution in [2.75, 3.05) is 24.8 Å². The molecule has 0 saturated carbocycles. The second-order valence-corrected chi connectivity index (χ2v) is 8.00. The average molecular weight is 489 g/mol. The summed E-state index contributed by atoms with van der Waals surface area (Å²) in [4.78, 5) is 34.7. The summed E-state index contributed by atoms with van der Waals surface area (Å²) in [6, 6.07) is 18.2. The molecule has 10 heteroatoms. The number of nitrogen functional groups attached to an aromatic ring is 1. The van der Waals surface area contributed by atoms with Crippen molar-refractivity contribution in [3.05, 3.63) is 105 Å². The average Bonchev–Trinajstić information content (AvgIpc) is 2.89. The van der Waals surface area contributed by atoms with Crippen molar-refractivity contribution in [2.24, 2.45) is 0 Å².